The lowest BCUT2D eigenvalue weighted by Gasteiger charge is -2.19. The van der Waals surface area contributed by atoms with E-state index in [-0.39, 0.29) is 11.3 Å². The maximum atomic E-state index is 11.6. The summed E-state index contributed by atoms with van der Waals surface area (Å²) in [6.45, 7) is 7.32. The summed E-state index contributed by atoms with van der Waals surface area (Å²) in [5.74, 6) is 0.773. The minimum absolute atomic E-state index is 0.0279. The molecule has 0 radical (unpaired) electrons. The number of carbonyl (C=O) groups excluding carboxylic acids is 1. The highest BCUT2D eigenvalue weighted by Gasteiger charge is 2.11. The Kier molecular flexibility index (Phi) is 4.10. The fourth-order valence-electron chi connectivity index (χ4n) is 1.24. The van der Waals surface area contributed by atoms with Gasteiger partial charge in [-0.15, -0.1) is 0 Å². The number of anilines is 1. The van der Waals surface area contributed by atoms with Crippen molar-refractivity contribution in [2.75, 3.05) is 26.0 Å². The first kappa shape index (κ1) is 13.5. The molecule has 0 aromatic carbocycles. The molecule has 4 heteroatoms. The van der Waals surface area contributed by atoms with Crippen LogP contribution < -0.4 is 5.32 Å². The highest BCUT2D eigenvalue weighted by atomic mass is 16.2. The number of aromatic nitrogens is 1. The molecule has 0 aliphatic rings. The molecule has 1 heterocycles. The van der Waals surface area contributed by atoms with Crippen LogP contribution in [0.25, 0.3) is 0 Å². The van der Waals surface area contributed by atoms with Crippen molar-refractivity contribution in [2.24, 2.45) is 5.41 Å². The molecule has 0 aliphatic carbocycles. The summed E-state index contributed by atoms with van der Waals surface area (Å²) in [5.41, 5.74) is 0.816. The van der Waals surface area contributed by atoms with Crippen molar-refractivity contribution >= 4 is 11.7 Å². The molecule has 1 aromatic heterocycles. The van der Waals surface area contributed by atoms with Gasteiger partial charge in [-0.3, -0.25) is 4.79 Å². The van der Waals surface area contributed by atoms with Crippen molar-refractivity contribution in [2.45, 2.75) is 20.8 Å². The fourth-order valence-corrected chi connectivity index (χ4v) is 1.24. The predicted molar refractivity (Wildman–Crippen MR) is 70.2 cm³/mol. The van der Waals surface area contributed by atoms with Gasteiger partial charge in [0, 0.05) is 26.8 Å². The molecule has 0 saturated heterocycles. The number of hydrogen-bond acceptors (Lipinski definition) is 3. The lowest BCUT2D eigenvalue weighted by molar-refractivity contribution is 0.0827. The van der Waals surface area contributed by atoms with Crippen molar-refractivity contribution in [1.82, 2.24) is 9.88 Å². The normalized spacial score (nSPS) is 11.1. The molecular formula is C13H21N3O. The highest BCUT2D eigenvalue weighted by molar-refractivity contribution is 5.93. The number of amides is 1. The van der Waals surface area contributed by atoms with E-state index in [0.29, 0.717) is 5.56 Å². The lowest BCUT2D eigenvalue weighted by atomic mass is 9.97. The van der Waals surface area contributed by atoms with Gasteiger partial charge in [-0.25, -0.2) is 4.98 Å². The van der Waals surface area contributed by atoms with Crippen molar-refractivity contribution in [3.05, 3.63) is 23.9 Å². The summed E-state index contributed by atoms with van der Waals surface area (Å²) in [4.78, 5) is 17.4. The molecule has 4 nitrogen and oxygen atoms in total. The number of rotatable bonds is 3. The molecule has 0 spiro atoms. The molecular weight excluding hydrogens is 214 g/mol. The van der Waals surface area contributed by atoms with Gasteiger partial charge >= 0.3 is 0 Å². The predicted octanol–water partition coefficient (Wildman–Crippen LogP) is 2.24. The van der Waals surface area contributed by atoms with Crippen LogP contribution >= 0.6 is 0 Å². The summed E-state index contributed by atoms with van der Waals surface area (Å²) in [7, 11) is 3.46. The molecule has 1 aromatic rings. The zero-order valence-corrected chi connectivity index (χ0v) is 11.2. The van der Waals surface area contributed by atoms with Crippen molar-refractivity contribution in [3.63, 3.8) is 0 Å². The first-order valence-electron chi connectivity index (χ1n) is 5.71. The molecule has 17 heavy (non-hydrogen) atoms. The molecule has 1 rings (SSSR count). The van der Waals surface area contributed by atoms with Gasteiger partial charge < -0.3 is 10.2 Å². The molecule has 1 N–H and O–H groups in total. The Bertz CT molecular complexity index is 377. The number of hydrogen-bond donors (Lipinski definition) is 1. The van der Waals surface area contributed by atoms with Crippen LogP contribution in [0.4, 0.5) is 5.82 Å². The van der Waals surface area contributed by atoms with Gasteiger partial charge in [0.05, 0.1) is 5.56 Å². The SMILES string of the molecule is CN(C)C(=O)c1ccc(NCC(C)(C)C)nc1. The summed E-state index contributed by atoms with van der Waals surface area (Å²) >= 11 is 0. The zero-order chi connectivity index (χ0) is 13.1. The summed E-state index contributed by atoms with van der Waals surface area (Å²) < 4.78 is 0. The second-order valence-corrected chi connectivity index (χ2v) is 5.55. The van der Waals surface area contributed by atoms with Crippen LogP contribution in [-0.4, -0.2) is 36.4 Å². The van der Waals surface area contributed by atoms with E-state index >= 15 is 0 Å². The second kappa shape index (κ2) is 5.17. The third-order valence-corrected chi connectivity index (χ3v) is 2.22. The first-order chi connectivity index (χ1) is 7.79. The van der Waals surface area contributed by atoms with Crippen LogP contribution in [0.1, 0.15) is 31.1 Å². The van der Waals surface area contributed by atoms with Crippen LogP contribution in [-0.2, 0) is 0 Å². The molecule has 0 atom stereocenters. The lowest BCUT2D eigenvalue weighted by Crippen LogP contribution is -2.22. The third-order valence-electron chi connectivity index (χ3n) is 2.22. The average molecular weight is 235 g/mol. The Balaban J connectivity index is 2.66. The van der Waals surface area contributed by atoms with Gasteiger partial charge in [0.1, 0.15) is 5.82 Å². The Labute approximate surface area is 103 Å². The maximum Gasteiger partial charge on any atom is 0.254 e. The standard InChI is InChI=1S/C13H21N3O/c1-13(2,3)9-15-11-7-6-10(8-14-11)12(17)16(4)5/h6-8H,9H2,1-5H3,(H,14,15). The minimum atomic E-state index is -0.0279. The van der Waals surface area contributed by atoms with Gasteiger partial charge in [0.15, 0.2) is 0 Å². The Hall–Kier alpha value is -1.58. The molecule has 0 aliphatic heterocycles. The monoisotopic (exact) mass is 235 g/mol. The zero-order valence-electron chi connectivity index (χ0n) is 11.2. The Morgan fingerprint density at radius 3 is 2.41 bits per heavy atom. The van der Waals surface area contributed by atoms with Crippen LogP contribution in [0.15, 0.2) is 18.3 Å². The quantitative estimate of drug-likeness (QED) is 0.874. The van der Waals surface area contributed by atoms with Crippen molar-refractivity contribution < 1.29 is 4.79 Å². The van der Waals surface area contributed by atoms with Gasteiger partial charge in [-0.2, -0.15) is 0 Å². The first-order valence-corrected chi connectivity index (χ1v) is 5.71. The van der Waals surface area contributed by atoms with Crippen LogP contribution in [0.2, 0.25) is 0 Å². The van der Waals surface area contributed by atoms with Gasteiger partial charge in [-0.05, 0) is 17.5 Å². The highest BCUT2D eigenvalue weighted by Crippen LogP contribution is 2.14. The molecule has 0 saturated carbocycles. The van der Waals surface area contributed by atoms with Crippen molar-refractivity contribution in [3.8, 4) is 0 Å². The second-order valence-electron chi connectivity index (χ2n) is 5.55. The number of nitrogens with zero attached hydrogens (tertiary/aromatic N) is 2. The Morgan fingerprint density at radius 2 is 2.00 bits per heavy atom. The fraction of sp³-hybridized carbons (Fsp3) is 0.538. The van der Waals surface area contributed by atoms with E-state index in [9.17, 15) is 4.79 Å². The third kappa shape index (κ3) is 4.43. The van der Waals surface area contributed by atoms with E-state index in [1.807, 2.05) is 6.07 Å². The summed E-state index contributed by atoms with van der Waals surface area (Å²) in [6, 6.07) is 3.63. The van der Waals surface area contributed by atoms with Crippen LogP contribution in [0.3, 0.4) is 0 Å². The molecule has 1 amide bonds. The molecule has 0 bridgehead atoms. The topological polar surface area (TPSA) is 45.2 Å². The maximum absolute atomic E-state index is 11.6. The smallest absolute Gasteiger partial charge is 0.254 e. The largest absolute Gasteiger partial charge is 0.370 e. The number of pyridine rings is 1. The summed E-state index contributed by atoms with van der Waals surface area (Å²) in [5, 5.41) is 3.24. The van der Waals surface area contributed by atoms with Crippen LogP contribution in [0.5, 0.6) is 0 Å². The summed E-state index contributed by atoms with van der Waals surface area (Å²) in [6.07, 6.45) is 1.60. The minimum Gasteiger partial charge on any atom is -0.370 e. The van der Waals surface area contributed by atoms with E-state index in [2.05, 4.69) is 31.1 Å². The Morgan fingerprint density at radius 1 is 1.35 bits per heavy atom. The van der Waals surface area contributed by atoms with Gasteiger partial charge in [0.25, 0.3) is 5.91 Å². The van der Waals surface area contributed by atoms with E-state index in [1.165, 1.54) is 0 Å². The molecule has 94 valence electrons. The van der Waals surface area contributed by atoms with Crippen LogP contribution in [0, 0.1) is 5.41 Å². The van der Waals surface area contributed by atoms with E-state index in [0.717, 1.165) is 12.4 Å². The number of carbonyl (C=O) groups is 1. The molecule has 0 unspecified atom stereocenters. The molecule has 0 fully saturated rings. The number of nitrogens with one attached hydrogen (secondary N) is 1. The van der Waals surface area contributed by atoms with Crippen molar-refractivity contribution in [1.29, 1.82) is 0 Å². The van der Waals surface area contributed by atoms with E-state index < -0.39 is 0 Å². The van der Waals surface area contributed by atoms with E-state index in [4.69, 9.17) is 0 Å². The average Bonchev–Trinajstić information content (AvgIpc) is 2.25. The van der Waals surface area contributed by atoms with E-state index in [1.54, 1.807) is 31.3 Å². The van der Waals surface area contributed by atoms with Gasteiger partial charge in [0.2, 0.25) is 0 Å². The van der Waals surface area contributed by atoms with Gasteiger partial charge in [-0.1, -0.05) is 20.8 Å².